The summed E-state index contributed by atoms with van der Waals surface area (Å²) in [6.45, 7) is 0.105. The van der Waals surface area contributed by atoms with Crippen LogP contribution in [0.1, 0.15) is 15.9 Å². The molecule has 2 heterocycles. The van der Waals surface area contributed by atoms with Gasteiger partial charge in [0.05, 0.1) is 25.2 Å². The SMILES string of the molecule is COc1cc(C(=O)NCc2cccnc2-n2cccn2)c([N+](=O)[O-])cc1OC. The third-order valence-electron chi connectivity index (χ3n) is 3.97. The molecule has 0 aliphatic carbocycles. The smallest absolute Gasteiger partial charge is 0.286 e. The lowest BCUT2D eigenvalue weighted by atomic mass is 10.1. The predicted octanol–water partition coefficient (Wildman–Crippen LogP) is 2.12. The summed E-state index contributed by atoms with van der Waals surface area (Å²) in [4.78, 5) is 27.7. The first-order chi connectivity index (χ1) is 13.5. The van der Waals surface area contributed by atoms with Crippen molar-refractivity contribution in [2.75, 3.05) is 14.2 Å². The number of ether oxygens (including phenoxy) is 2. The number of pyridine rings is 1. The number of hydrogen-bond donors (Lipinski definition) is 1. The second-order valence-electron chi connectivity index (χ2n) is 5.60. The lowest BCUT2D eigenvalue weighted by molar-refractivity contribution is -0.385. The van der Waals surface area contributed by atoms with Gasteiger partial charge in [-0.15, -0.1) is 0 Å². The molecule has 0 radical (unpaired) electrons. The van der Waals surface area contributed by atoms with Crippen LogP contribution in [-0.2, 0) is 6.54 Å². The first kappa shape index (κ1) is 18.8. The Kier molecular flexibility index (Phi) is 5.49. The van der Waals surface area contributed by atoms with Gasteiger partial charge in [0, 0.05) is 36.8 Å². The molecule has 1 amide bonds. The Morgan fingerprint density at radius 3 is 2.61 bits per heavy atom. The molecule has 10 heteroatoms. The van der Waals surface area contributed by atoms with E-state index in [-0.39, 0.29) is 29.3 Å². The fraction of sp³-hybridized carbons (Fsp3) is 0.167. The van der Waals surface area contributed by atoms with Gasteiger partial charge in [-0.25, -0.2) is 9.67 Å². The summed E-state index contributed by atoms with van der Waals surface area (Å²) >= 11 is 0. The minimum atomic E-state index is -0.643. The minimum absolute atomic E-state index is 0.105. The number of amides is 1. The summed E-state index contributed by atoms with van der Waals surface area (Å²) in [6, 6.07) is 7.71. The molecule has 0 saturated heterocycles. The van der Waals surface area contributed by atoms with Gasteiger partial charge in [-0.3, -0.25) is 14.9 Å². The highest BCUT2D eigenvalue weighted by atomic mass is 16.6. The molecule has 1 N–H and O–H groups in total. The van der Waals surface area contributed by atoms with Crippen molar-refractivity contribution in [2.24, 2.45) is 0 Å². The molecule has 0 spiro atoms. The monoisotopic (exact) mass is 383 g/mol. The third kappa shape index (κ3) is 3.75. The molecule has 10 nitrogen and oxygen atoms in total. The molecular formula is C18H17N5O5. The Balaban J connectivity index is 1.88. The molecule has 1 aromatic carbocycles. The molecule has 3 rings (SSSR count). The number of nitro benzene ring substituents is 1. The quantitative estimate of drug-likeness (QED) is 0.490. The van der Waals surface area contributed by atoms with Gasteiger partial charge in [0.1, 0.15) is 5.56 Å². The molecule has 0 fully saturated rings. The maximum atomic E-state index is 12.7. The van der Waals surface area contributed by atoms with Crippen LogP contribution in [0.3, 0.4) is 0 Å². The molecule has 144 valence electrons. The standard InChI is InChI=1S/C18H17N5O5/c1-27-15-9-13(14(23(25)26)10-16(15)28-2)18(24)20-11-12-5-3-6-19-17(12)22-8-4-7-21-22/h3-10H,11H2,1-2H3,(H,20,24). The molecule has 0 unspecified atom stereocenters. The Labute approximate surface area is 159 Å². The zero-order valence-electron chi connectivity index (χ0n) is 15.2. The number of nitro groups is 1. The molecule has 0 aliphatic rings. The normalized spacial score (nSPS) is 10.4. The molecule has 0 atom stereocenters. The molecule has 2 aromatic heterocycles. The number of benzene rings is 1. The van der Waals surface area contributed by atoms with Crippen molar-refractivity contribution in [1.29, 1.82) is 0 Å². The topological polar surface area (TPSA) is 121 Å². The second-order valence-corrected chi connectivity index (χ2v) is 5.60. The van der Waals surface area contributed by atoms with E-state index in [9.17, 15) is 14.9 Å². The lowest BCUT2D eigenvalue weighted by Crippen LogP contribution is -2.24. The highest BCUT2D eigenvalue weighted by Crippen LogP contribution is 2.34. The van der Waals surface area contributed by atoms with E-state index in [2.05, 4.69) is 15.4 Å². The van der Waals surface area contributed by atoms with Crippen molar-refractivity contribution in [1.82, 2.24) is 20.1 Å². The van der Waals surface area contributed by atoms with Gasteiger partial charge < -0.3 is 14.8 Å². The average molecular weight is 383 g/mol. The first-order valence-electron chi connectivity index (χ1n) is 8.17. The van der Waals surface area contributed by atoms with Crippen molar-refractivity contribution >= 4 is 11.6 Å². The maximum absolute atomic E-state index is 12.7. The van der Waals surface area contributed by atoms with E-state index in [1.807, 2.05) is 0 Å². The summed E-state index contributed by atoms with van der Waals surface area (Å²) < 4.78 is 11.8. The maximum Gasteiger partial charge on any atom is 0.286 e. The first-order valence-corrected chi connectivity index (χ1v) is 8.17. The van der Waals surface area contributed by atoms with Crippen LogP contribution in [0.4, 0.5) is 5.69 Å². The van der Waals surface area contributed by atoms with Crippen molar-refractivity contribution in [2.45, 2.75) is 6.54 Å². The van der Waals surface area contributed by atoms with Gasteiger partial charge in [-0.05, 0) is 12.1 Å². The Bertz CT molecular complexity index is 1000. The second kappa shape index (κ2) is 8.16. The highest BCUT2D eigenvalue weighted by Gasteiger charge is 2.24. The average Bonchev–Trinajstić information content (AvgIpc) is 3.25. The van der Waals surface area contributed by atoms with E-state index < -0.39 is 10.8 Å². The van der Waals surface area contributed by atoms with Crippen molar-refractivity contribution < 1.29 is 19.2 Å². The minimum Gasteiger partial charge on any atom is -0.493 e. The lowest BCUT2D eigenvalue weighted by Gasteiger charge is -2.12. The van der Waals surface area contributed by atoms with Gasteiger partial charge in [-0.1, -0.05) is 6.07 Å². The van der Waals surface area contributed by atoms with Gasteiger partial charge >= 0.3 is 0 Å². The Morgan fingerprint density at radius 1 is 1.21 bits per heavy atom. The number of hydrogen-bond acceptors (Lipinski definition) is 7. The van der Waals surface area contributed by atoms with E-state index in [1.54, 1.807) is 41.5 Å². The van der Waals surface area contributed by atoms with E-state index in [1.165, 1.54) is 20.3 Å². The zero-order chi connectivity index (χ0) is 20.1. The predicted molar refractivity (Wildman–Crippen MR) is 98.7 cm³/mol. The summed E-state index contributed by atoms with van der Waals surface area (Å²) in [5.74, 6) is 0.313. The molecule has 0 aliphatic heterocycles. The van der Waals surface area contributed by atoms with Crippen LogP contribution in [0.25, 0.3) is 5.82 Å². The van der Waals surface area contributed by atoms with Crippen LogP contribution in [-0.4, -0.2) is 39.8 Å². The van der Waals surface area contributed by atoms with E-state index in [4.69, 9.17) is 9.47 Å². The van der Waals surface area contributed by atoms with Crippen LogP contribution in [0.5, 0.6) is 11.5 Å². The summed E-state index contributed by atoms with van der Waals surface area (Å²) in [7, 11) is 2.75. The van der Waals surface area contributed by atoms with Crippen molar-refractivity contribution in [3.8, 4) is 17.3 Å². The highest BCUT2D eigenvalue weighted by molar-refractivity contribution is 5.99. The fourth-order valence-electron chi connectivity index (χ4n) is 2.64. The van der Waals surface area contributed by atoms with Gasteiger partial charge in [-0.2, -0.15) is 5.10 Å². The molecule has 3 aromatic rings. The molecule has 28 heavy (non-hydrogen) atoms. The summed E-state index contributed by atoms with van der Waals surface area (Å²) in [5.41, 5.74) is 0.184. The fourth-order valence-corrected chi connectivity index (χ4v) is 2.64. The number of aromatic nitrogens is 3. The van der Waals surface area contributed by atoms with Crippen LogP contribution in [0.15, 0.2) is 48.9 Å². The number of carbonyl (C=O) groups excluding carboxylic acids is 1. The summed E-state index contributed by atoms with van der Waals surface area (Å²) in [6.07, 6.45) is 4.96. The number of rotatable bonds is 7. The van der Waals surface area contributed by atoms with Crippen molar-refractivity contribution in [3.05, 3.63) is 70.2 Å². The van der Waals surface area contributed by atoms with E-state index in [0.717, 1.165) is 6.07 Å². The van der Waals surface area contributed by atoms with E-state index >= 15 is 0 Å². The number of methoxy groups -OCH3 is 2. The number of nitrogens with one attached hydrogen (secondary N) is 1. The Hall–Kier alpha value is -3.95. The Morgan fingerprint density at radius 2 is 1.96 bits per heavy atom. The van der Waals surface area contributed by atoms with Gasteiger partial charge in [0.25, 0.3) is 11.6 Å². The largest absolute Gasteiger partial charge is 0.493 e. The van der Waals surface area contributed by atoms with Crippen LogP contribution < -0.4 is 14.8 Å². The van der Waals surface area contributed by atoms with Gasteiger partial charge in [0.15, 0.2) is 17.3 Å². The molecule has 0 bridgehead atoms. The zero-order valence-corrected chi connectivity index (χ0v) is 15.2. The molecular weight excluding hydrogens is 366 g/mol. The molecule has 0 saturated carbocycles. The number of carbonyl (C=O) groups is 1. The van der Waals surface area contributed by atoms with Crippen molar-refractivity contribution in [3.63, 3.8) is 0 Å². The number of nitrogens with zero attached hydrogens (tertiary/aromatic N) is 4. The third-order valence-corrected chi connectivity index (χ3v) is 3.97. The van der Waals surface area contributed by atoms with Crippen LogP contribution in [0.2, 0.25) is 0 Å². The van der Waals surface area contributed by atoms with Crippen LogP contribution in [0, 0.1) is 10.1 Å². The van der Waals surface area contributed by atoms with Crippen LogP contribution >= 0.6 is 0 Å². The van der Waals surface area contributed by atoms with E-state index in [0.29, 0.717) is 11.4 Å². The van der Waals surface area contributed by atoms with Gasteiger partial charge in [0.2, 0.25) is 0 Å². The summed E-state index contributed by atoms with van der Waals surface area (Å²) in [5, 5.41) is 18.2.